The van der Waals surface area contributed by atoms with Crippen molar-refractivity contribution in [1.82, 2.24) is 4.90 Å². The van der Waals surface area contributed by atoms with Crippen LogP contribution in [0.25, 0.3) is 0 Å². The van der Waals surface area contributed by atoms with Crippen LogP contribution in [0.15, 0.2) is 24.3 Å². The Hall–Kier alpha value is -1.35. The smallest absolute Gasteiger partial charge is 0.141 e. The van der Waals surface area contributed by atoms with Crippen LogP contribution in [0.2, 0.25) is 0 Å². The summed E-state index contributed by atoms with van der Waals surface area (Å²) in [5.74, 6) is 2.02. The topological polar surface area (TPSA) is 29.5 Å². The van der Waals surface area contributed by atoms with Crippen molar-refractivity contribution in [1.29, 1.82) is 0 Å². The Morgan fingerprint density at radius 3 is 2.37 bits per heavy atom. The van der Waals surface area contributed by atoms with Gasteiger partial charge in [0.15, 0.2) is 0 Å². The maximum absolute atomic E-state index is 12.0. The van der Waals surface area contributed by atoms with Crippen LogP contribution >= 0.6 is 0 Å². The van der Waals surface area contributed by atoms with Crippen LogP contribution in [0.4, 0.5) is 0 Å². The zero-order chi connectivity index (χ0) is 13.2. The second-order valence-electron chi connectivity index (χ2n) is 5.77. The van der Waals surface area contributed by atoms with E-state index in [0.717, 1.165) is 38.2 Å². The van der Waals surface area contributed by atoms with Gasteiger partial charge in [0.2, 0.25) is 0 Å². The number of piperidine rings is 1. The van der Waals surface area contributed by atoms with Crippen molar-refractivity contribution in [3.8, 4) is 5.75 Å². The number of benzene rings is 1. The molecule has 3 heteroatoms. The minimum absolute atomic E-state index is 0.297. The highest BCUT2D eigenvalue weighted by atomic mass is 16.5. The molecule has 1 aliphatic carbocycles. The highest BCUT2D eigenvalue weighted by molar-refractivity contribution is 5.85. The highest BCUT2D eigenvalue weighted by Crippen LogP contribution is 2.32. The lowest BCUT2D eigenvalue weighted by Crippen LogP contribution is -2.48. The number of methoxy groups -OCH3 is 1. The molecule has 0 aromatic heterocycles. The second kappa shape index (κ2) is 5.33. The van der Waals surface area contributed by atoms with Crippen LogP contribution in [-0.4, -0.2) is 30.9 Å². The van der Waals surface area contributed by atoms with Crippen molar-refractivity contribution in [2.75, 3.05) is 20.2 Å². The Kier molecular flexibility index (Phi) is 3.56. The average Bonchev–Trinajstić information content (AvgIpc) is 2.41. The van der Waals surface area contributed by atoms with Crippen molar-refractivity contribution < 1.29 is 9.53 Å². The molecule has 2 unspecified atom stereocenters. The number of carbonyl (C=O) groups is 1. The van der Waals surface area contributed by atoms with Crippen LogP contribution < -0.4 is 4.74 Å². The van der Waals surface area contributed by atoms with E-state index in [-0.39, 0.29) is 0 Å². The number of Topliss-reactive ketones (excluding diaryl/α,β-unsaturated/α-hetero) is 1. The van der Waals surface area contributed by atoms with Crippen LogP contribution in [0.1, 0.15) is 24.8 Å². The van der Waals surface area contributed by atoms with Crippen molar-refractivity contribution in [2.45, 2.75) is 25.8 Å². The lowest BCUT2D eigenvalue weighted by Gasteiger charge is -2.40. The number of rotatable bonds is 3. The Balaban J connectivity index is 1.65. The predicted octanol–water partition coefficient (Wildman–Crippen LogP) is 2.50. The second-order valence-corrected chi connectivity index (χ2v) is 5.77. The van der Waals surface area contributed by atoms with Crippen molar-refractivity contribution in [3.05, 3.63) is 29.8 Å². The van der Waals surface area contributed by atoms with Gasteiger partial charge in [0.25, 0.3) is 0 Å². The lowest BCUT2D eigenvalue weighted by molar-refractivity contribution is -0.134. The minimum Gasteiger partial charge on any atom is -0.497 e. The number of fused-ring (bicyclic) bond motifs is 2. The first kappa shape index (κ1) is 12.7. The number of ether oxygens (including phenoxy) is 1. The number of ketones is 1. The molecular formula is C16H21NO2. The standard InChI is InChI=1S/C16H21NO2/c1-19-15-7-5-12(6-8-15)9-17-10-13-3-2-4-14(11-17)16(13)18/h5-8,13-14H,2-4,9-11H2,1H3. The van der Waals surface area contributed by atoms with Gasteiger partial charge in [-0.3, -0.25) is 9.69 Å². The molecule has 2 atom stereocenters. The molecule has 1 aromatic rings. The fourth-order valence-corrected chi connectivity index (χ4v) is 3.41. The molecule has 3 rings (SSSR count). The van der Waals surface area contributed by atoms with Gasteiger partial charge in [-0.05, 0) is 30.5 Å². The summed E-state index contributed by atoms with van der Waals surface area (Å²) in [5, 5.41) is 0. The summed E-state index contributed by atoms with van der Waals surface area (Å²) in [6.07, 6.45) is 3.42. The first-order chi connectivity index (χ1) is 9.26. The molecular weight excluding hydrogens is 238 g/mol. The summed E-state index contributed by atoms with van der Waals surface area (Å²) in [5.41, 5.74) is 1.30. The van der Waals surface area contributed by atoms with E-state index in [1.165, 1.54) is 12.0 Å². The molecule has 2 aliphatic rings. The molecule has 1 saturated heterocycles. The lowest BCUT2D eigenvalue weighted by atomic mass is 9.76. The van der Waals surface area contributed by atoms with Gasteiger partial charge in [-0.15, -0.1) is 0 Å². The van der Waals surface area contributed by atoms with Crippen molar-refractivity contribution in [2.24, 2.45) is 11.8 Å². The molecule has 0 spiro atoms. The van der Waals surface area contributed by atoms with Gasteiger partial charge >= 0.3 is 0 Å². The Morgan fingerprint density at radius 2 is 1.79 bits per heavy atom. The van der Waals surface area contributed by atoms with E-state index in [2.05, 4.69) is 17.0 Å². The van der Waals surface area contributed by atoms with Crippen LogP contribution in [0.5, 0.6) is 5.75 Å². The van der Waals surface area contributed by atoms with Crippen molar-refractivity contribution >= 4 is 5.78 Å². The molecule has 1 aromatic carbocycles. The number of carbonyl (C=O) groups excluding carboxylic acids is 1. The fourth-order valence-electron chi connectivity index (χ4n) is 3.41. The molecule has 0 amide bonds. The number of nitrogens with zero attached hydrogens (tertiary/aromatic N) is 1. The SMILES string of the molecule is COc1ccc(CN2CC3CCCC(C2)C3=O)cc1. The molecule has 1 saturated carbocycles. The summed E-state index contributed by atoms with van der Waals surface area (Å²) in [4.78, 5) is 14.5. The molecule has 1 heterocycles. The first-order valence-corrected chi connectivity index (χ1v) is 7.15. The average molecular weight is 259 g/mol. The van der Waals surface area contributed by atoms with Crippen LogP contribution in [0.3, 0.4) is 0 Å². The van der Waals surface area contributed by atoms with Gasteiger partial charge < -0.3 is 4.74 Å². The summed E-state index contributed by atoms with van der Waals surface area (Å²) < 4.78 is 5.18. The largest absolute Gasteiger partial charge is 0.497 e. The molecule has 0 radical (unpaired) electrons. The third-order valence-electron chi connectivity index (χ3n) is 4.43. The van der Waals surface area contributed by atoms with Crippen LogP contribution in [-0.2, 0) is 11.3 Å². The molecule has 1 aliphatic heterocycles. The summed E-state index contributed by atoms with van der Waals surface area (Å²) in [6, 6.07) is 8.24. The zero-order valence-electron chi connectivity index (χ0n) is 11.5. The summed E-state index contributed by atoms with van der Waals surface area (Å²) in [7, 11) is 1.69. The van der Waals surface area contributed by atoms with Gasteiger partial charge in [0.05, 0.1) is 7.11 Å². The number of hydrogen-bond donors (Lipinski definition) is 0. The van der Waals surface area contributed by atoms with E-state index >= 15 is 0 Å². The Morgan fingerprint density at radius 1 is 1.16 bits per heavy atom. The number of hydrogen-bond acceptors (Lipinski definition) is 3. The van der Waals surface area contributed by atoms with Crippen molar-refractivity contribution in [3.63, 3.8) is 0 Å². The normalized spacial score (nSPS) is 27.3. The summed E-state index contributed by atoms with van der Waals surface area (Å²) in [6.45, 7) is 2.84. The van der Waals surface area contributed by atoms with E-state index < -0.39 is 0 Å². The third-order valence-corrected chi connectivity index (χ3v) is 4.43. The summed E-state index contributed by atoms with van der Waals surface area (Å²) >= 11 is 0. The highest BCUT2D eigenvalue weighted by Gasteiger charge is 2.37. The quantitative estimate of drug-likeness (QED) is 0.835. The molecule has 3 nitrogen and oxygen atoms in total. The monoisotopic (exact) mass is 259 g/mol. The van der Waals surface area contributed by atoms with E-state index in [9.17, 15) is 4.79 Å². The molecule has 19 heavy (non-hydrogen) atoms. The predicted molar refractivity (Wildman–Crippen MR) is 74.1 cm³/mol. The molecule has 0 N–H and O–H groups in total. The van der Waals surface area contributed by atoms with Gasteiger partial charge in [-0.1, -0.05) is 18.6 Å². The van der Waals surface area contributed by atoms with Gasteiger partial charge in [-0.2, -0.15) is 0 Å². The van der Waals surface area contributed by atoms with E-state index in [4.69, 9.17) is 4.74 Å². The molecule has 2 fully saturated rings. The van der Waals surface area contributed by atoms with Gasteiger partial charge in [-0.25, -0.2) is 0 Å². The maximum Gasteiger partial charge on any atom is 0.141 e. The molecule has 2 bridgehead atoms. The Bertz CT molecular complexity index is 438. The van der Waals surface area contributed by atoms with E-state index in [1.54, 1.807) is 7.11 Å². The molecule has 102 valence electrons. The third kappa shape index (κ3) is 2.66. The zero-order valence-corrected chi connectivity index (χ0v) is 11.5. The first-order valence-electron chi connectivity index (χ1n) is 7.15. The van der Waals surface area contributed by atoms with Crippen LogP contribution in [0, 0.1) is 11.8 Å². The van der Waals surface area contributed by atoms with Gasteiger partial charge in [0.1, 0.15) is 11.5 Å². The van der Waals surface area contributed by atoms with Gasteiger partial charge in [0, 0.05) is 31.5 Å². The number of likely N-dealkylation sites (tertiary alicyclic amines) is 1. The maximum atomic E-state index is 12.0. The van der Waals surface area contributed by atoms with E-state index in [0.29, 0.717) is 17.6 Å². The fraction of sp³-hybridized carbons (Fsp3) is 0.562. The van der Waals surface area contributed by atoms with E-state index in [1.807, 2.05) is 12.1 Å². The Labute approximate surface area is 114 Å². The minimum atomic E-state index is 0.297.